The third kappa shape index (κ3) is 3.21. The lowest BCUT2D eigenvalue weighted by Gasteiger charge is -2.37. The van der Waals surface area contributed by atoms with Crippen molar-refractivity contribution < 1.29 is 14.0 Å². The Hall–Kier alpha value is -2.35. The van der Waals surface area contributed by atoms with Crippen molar-refractivity contribution >= 4 is 23.2 Å². The minimum absolute atomic E-state index is 0.0118. The van der Waals surface area contributed by atoms with E-state index in [-0.39, 0.29) is 18.3 Å². The summed E-state index contributed by atoms with van der Waals surface area (Å²) in [5, 5.41) is 0. The molecule has 2 amide bonds. The zero-order chi connectivity index (χ0) is 18.1. The molecule has 2 fully saturated rings. The molecule has 1 aliphatic carbocycles. The highest BCUT2D eigenvalue weighted by atomic mass is 32.1. The quantitative estimate of drug-likeness (QED) is 0.771. The molecule has 0 radical (unpaired) electrons. The molecule has 6 nitrogen and oxygen atoms in total. The summed E-state index contributed by atoms with van der Waals surface area (Å²) in [4.78, 5) is 36.9. The normalized spacial score (nSPS) is 18.8. The second kappa shape index (κ2) is 7.11. The van der Waals surface area contributed by atoms with Gasteiger partial charge in [0.25, 0.3) is 0 Å². The number of nitrogens with zero attached hydrogens (tertiary/aromatic N) is 4. The van der Waals surface area contributed by atoms with E-state index in [1.807, 2.05) is 0 Å². The van der Waals surface area contributed by atoms with Gasteiger partial charge in [-0.2, -0.15) is 0 Å². The predicted molar refractivity (Wildman–Crippen MR) is 94.7 cm³/mol. The van der Waals surface area contributed by atoms with Crippen LogP contribution in [0.4, 0.5) is 4.39 Å². The summed E-state index contributed by atoms with van der Waals surface area (Å²) in [6.07, 6.45) is 7.38. The Bertz CT molecular complexity index is 821. The number of hydrogen-bond acceptors (Lipinski definition) is 5. The van der Waals surface area contributed by atoms with Crippen LogP contribution in [0, 0.1) is 5.82 Å². The Morgan fingerprint density at radius 2 is 1.96 bits per heavy atom. The van der Waals surface area contributed by atoms with Crippen molar-refractivity contribution in [3.8, 4) is 10.4 Å². The number of carbonyl (C=O) groups excluding carboxylic acids is 2. The Labute approximate surface area is 154 Å². The molecule has 3 heterocycles. The van der Waals surface area contributed by atoms with Gasteiger partial charge in [0.05, 0.1) is 22.6 Å². The van der Waals surface area contributed by atoms with Gasteiger partial charge in [0.1, 0.15) is 5.82 Å². The number of rotatable bonds is 4. The molecule has 1 saturated heterocycles. The lowest BCUT2D eigenvalue weighted by atomic mass is 10.1. The first-order valence-electron chi connectivity index (χ1n) is 8.76. The highest BCUT2D eigenvalue weighted by Gasteiger charge is 2.37. The van der Waals surface area contributed by atoms with Crippen molar-refractivity contribution in [1.29, 1.82) is 0 Å². The standard InChI is InChI=1S/C18H19FN4O2S/c19-14-7-12(16-9-20-11-26-16)8-21-15(14)10-22-5-6-23(18(25)17(22)24)13-3-1-2-4-13/h7-9,11,13H,1-6,10H2. The molecule has 1 aliphatic heterocycles. The zero-order valence-corrected chi connectivity index (χ0v) is 15.0. The van der Waals surface area contributed by atoms with Gasteiger partial charge in [0.2, 0.25) is 0 Å². The summed E-state index contributed by atoms with van der Waals surface area (Å²) in [5.74, 6) is -1.50. The smallest absolute Gasteiger partial charge is 0.312 e. The lowest BCUT2D eigenvalue weighted by molar-refractivity contribution is -0.158. The number of halogens is 1. The Balaban J connectivity index is 1.46. The van der Waals surface area contributed by atoms with E-state index in [0.717, 1.165) is 30.6 Å². The summed E-state index contributed by atoms with van der Waals surface area (Å²) in [6, 6.07) is 1.58. The average Bonchev–Trinajstić information content (AvgIpc) is 3.34. The predicted octanol–water partition coefficient (Wildman–Crippen LogP) is 2.46. The molecule has 1 saturated carbocycles. The summed E-state index contributed by atoms with van der Waals surface area (Å²) >= 11 is 1.41. The molecular weight excluding hydrogens is 355 g/mol. The maximum absolute atomic E-state index is 14.4. The van der Waals surface area contributed by atoms with Crippen molar-refractivity contribution in [2.24, 2.45) is 0 Å². The fourth-order valence-electron chi connectivity index (χ4n) is 3.66. The molecule has 2 aliphatic rings. The van der Waals surface area contributed by atoms with E-state index < -0.39 is 17.6 Å². The van der Waals surface area contributed by atoms with E-state index in [2.05, 4.69) is 9.97 Å². The zero-order valence-electron chi connectivity index (χ0n) is 14.2. The third-order valence-electron chi connectivity index (χ3n) is 5.08. The molecule has 0 N–H and O–H groups in total. The van der Waals surface area contributed by atoms with Gasteiger partial charge < -0.3 is 9.80 Å². The van der Waals surface area contributed by atoms with Crippen LogP contribution in [-0.2, 0) is 16.1 Å². The van der Waals surface area contributed by atoms with E-state index in [4.69, 9.17) is 0 Å². The molecule has 0 spiro atoms. The molecule has 136 valence electrons. The highest BCUT2D eigenvalue weighted by molar-refractivity contribution is 7.13. The van der Waals surface area contributed by atoms with Crippen LogP contribution in [0.5, 0.6) is 0 Å². The van der Waals surface area contributed by atoms with E-state index in [9.17, 15) is 14.0 Å². The average molecular weight is 374 g/mol. The number of pyridine rings is 1. The van der Waals surface area contributed by atoms with Crippen LogP contribution in [-0.4, -0.2) is 50.7 Å². The lowest BCUT2D eigenvalue weighted by Crippen LogP contribution is -2.56. The third-order valence-corrected chi connectivity index (χ3v) is 5.90. The van der Waals surface area contributed by atoms with Crippen molar-refractivity contribution in [2.75, 3.05) is 13.1 Å². The van der Waals surface area contributed by atoms with Gasteiger partial charge in [-0.1, -0.05) is 12.8 Å². The van der Waals surface area contributed by atoms with Gasteiger partial charge in [0.15, 0.2) is 0 Å². The topological polar surface area (TPSA) is 66.4 Å². The first-order valence-corrected chi connectivity index (χ1v) is 9.64. The SMILES string of the molecule is O=C1C(=O)N(C2CCCC2)CCN1Cc1ncc(-c2cncs2)cc1F. The Morgan fingerprint density at radius 3 is 2.65 bits per heavy atom. The largest absolute Gasteiger partial charge is 0.330 e. The molecule has 8 heteroatoms. The molecule has 26 heavy (non-hydrogen) atoms. The fraction of sp³-hybridized carbons (Fsp3) is 0.444. The van der Waals surface area contributed by atoms with Crippen LogP contribution in [0.25, 0.3) is 10.4 Å². The number of carbonyl (C=O) groups is 2. The summed E-state index contributed by atoms with van der Waals surface area (Å²) in [5.41, 5.74) is 2.51. The number of amides is 2. The fourth-order valence-corrected chi connectivity index (χ4v) is 4.27. The van der Waals surface area contributed by atoms with Crippen molar-refractivity contribution in [3.05, 3.63) is 35.5 Å². The molecular formula is C18H19FN4O2S. The van der Waals surface area contributed by atoms with Gasteiger partial charge in [-0.15, -0.1) is 11.3 Å². The van der Waals surface area contributed by atoms with Crippen molar-refractivity contribution in [3.63, 3.8) is 0 Å². The maximum Gasteiger partial charge on any atom is 0.312 e. The molecule has 0 unspecified atom stereocenters. The monoisotopic (exact) mass is 374 g/mol. The van der Waals surface area contributed by atoms with Gasteiger partial charge in [-0.3, -0.25) is 19.6 Å². The molecule has 2 aromatic rings. The second-order valence-electron chi connectivity index (χ2n) is 6.68. The van der Waals surface area contributed by atoms with Crippen LogP contribution in [0.3, 0.4) is 0 Å². The van der Waals surface area contributed by atoms with Gasteiger partial charge in [-0.05, 0) is 18.9 Å². The van der Waals surface area contributed by atoms with Crippen LogP contribution in [0.15, 0.2) is 24.0 Å². The summed E-state index contributed by atoms with van der Waals surface area (Å²) in [7, 11) is 0. The van der Waals surface area contributed by atoms with Gasteiger partial charge in [0, 0.05) is 37.1 Å². The molecule has 0 atom stereocenters. The second-order valence-corrected chi connectivity index (χ2v) is 7.57. The number of piperazine rings is 1. The van der Waals surface area contributed by atoms with Crippen LogP contribution < -0.4 is 0 Å². The van der Waals surface area contributed by atoms with Gasteiger partial charge in [-0.25, -0.2) is 4.39 Å². The van der Waals surface area contributed by atoms with E-state index >= 15 is 0 Å². The van der Waals surface area contributed by atoms with Crippen molar-refractivity contribution in [2.45, 2.75) is 38.3 Å². The molecule has 0 aromatic carbocycles. The van der Waals surface area contributed by atoms with Crippen LogP contribution in [0.1, 0.15) is 31.4 Å². The summed E-state index contributed by atoms with van der Waals surface area (Å²) < 4.78 is 14.4. The molecule has 0 bridgehead atoms. The molecule has 4 rings (SSSR count). The maximum atomic E-state index is 14.4. The number of thiazole rings is 1. The first-order chi connectivity index (χ1) is 12.6. The van der Waals surface area contributed by atoms with Crippen molar-refractivity contribution in [1.82, 2.24) is 19.8 Å². The molecule has 2 aromatic heterocycles. The first kappa shape index (κ1) is 17.1. The van der Waals surface area contributed by atoms with Crippen LogP contribution in [0.2, 0.25) is 0 Å². The van der Waals surface area contributed by atoms with Crippen LogP contribution >= 0.6 is 11.3 Å². The van der Waals surface area contributed by atoms with E-state index in [0.29, 0.717) is 18.7 Å². The number of aromatic nitrogens is 2. The Morgan fingerprint density at radius 1 is 1.15 bits per heavy atom. The van der Waals surface area contributed by atoms with E-state index in [1.165, 1.54) is 22.3 Å². The van der Waals surface area contributed by atoms with Gasteiger partial charge >= 0.3 is 11.8 Å². The minimum atomic E-state index is -0.559. The summed E-state index contributed by atoms with van der Waals surface area (Å²) in [6.45, 7) is 0.937. The van der Waals surface area contributed by atoms with E-state index in [1.54, 1.807) is 22.8 Å². The highest BCUT2D eigenvalue weighted by Crippen LogP contribution is 2.26. The Kier molecular flexibility index (Phi) is 4.67. The number of hydrogen-bond donors (Lipinski definition) is 0. The minimum Gasteiger partial charge on any atom is -0.330 e.